The van der Waals surface area contributed by atoms with Crippen LogP contribution in [0.2, 0.25) is 0 Å². The lowest BCUT2D eigenvalue weighted by molar-refractivity contribution is 0.206. The highest BCUT2D eigenvalue weighted by Gasteiger charge is 2.34. The van der Waals surface area contributed by atoms with E-state index in [1.807, 2.05) is 0 Å². The van der Waals surface area contributed by atoms with Gasteiger partial charge in [0.15, 0.2) is 0 Å². The minimum atomic E-state index is -3.32. The molecule has 0 aromatic rings. The number of hydrogen-bond donors (Lipinski definition) is 3. The van der Waals surface area contributed by atoms with Crippen molar-refractivity contribution in [2.75, 3.05) is 20.1 Å². The zero-order chi connectivity index (χ0) is 10.8. The molecule has 1 unspecified atom stereocenters. The van der Waals surface area contributed by atoms with E-state index < -0.39 is 10.2 Å². The van der Waals surface area contributed by atoms with Crippen molar-refractivity contribution in [2.45, 2.75) is 26.3 Å². The summed E-state index contributed by atoms with van der Waals surface area (Å²) in [6, 6.07) is 0.00111. The molecule has 6 heteroatoms. The second kappa shape index (κ2) is 4.14. The van der Waals surface area contributed by atoms with E-state index in [0.29, 0.717) is 0 Å². The topological polar surface area (TPSA) is 70.2 Å². The van der Waals surface area contributed by atoms with Crippen LogP contribution in [0.4, 0.5) is 0 Å². The second-order valence-corrected chi connectivity index (χ2v) is 5.98. The lowest BCUT2D eigenvalue weighted by atomic mass is 9.81. The van der Waals surface area contributed by atoms with Gasteiger partial charge in [0.1, 0.15) is 0 Å². The molecular weight excluding hydrogens is 202 g/mol. The molecular formula is C8H19N3O2S. The maximum Gasteiger partial charge on any atom is 0.276 e. The van der Waals surface area contributed by atoms with Gasteiger partial charge in [-0.2, -0.15) is 13.1 Å². The molecule has 0 spiro atoms. The Morgan fingerprint density at radius 3 is 2.57 bits per heavy atom. The molecule has 0 aromatic heterocycles. The van der Waals surface area contributed by atoms with Crippen molar-refractivity contribution in [1.29, 1.82) is 0 Å². The summed E-state index contributed by atoms with van der Waals surface area (Å²) in [4.78, 5) is 0. The molecule has 1 saturated heterocycles. The molecule has 1 heterocycles. The monoisotopic (exact) mass is 221 g/mol. The number of rotatable bonds is 3. The lowest BCUT2D eigenvalue weighted by Gasteiger charge is -2.38. The van der Waals surface area contributed by atoms with E-state index in [4.69, 9.17) is 0 Å². The van der Waals surface area contributed by atoms with Gasteiger partial charge in [-0.1, -0.05) is 13.8 Å². The minimum Gasteiger partial charge on any atom is -0.316 e. The molecule has 0 amide bonds. The minimum absolute atomic E-state index is 0.00111. The highest BCUT2D eigenvalue weighted by molar-refractivity contribution is 7.87. The van der Waals surface area contributed by atoms with Crippen LogP contribution < -0.4 is 14.8 Å². The molecule has 1 atom stereocenters. The van der Waals surface area contributed by atoms with E-state index in [1.165, 1.54) is 7.05 Å². The Balaban J connectivity index is 2.67. The summed E-state index contributed by atoms with van der Waals surface area (Å²) < 4.78 is 27.5. The maximum absolute atomic E-state index is 11.3. The molecule has 1 rings (SSSR count). The Hall–Kier alpha value is -0.170. The third-order valence-corrected chi connectivity index (χ3v) is 3.83. The molecule has 0 aromatic carbocycles. The molecule has 84 valence electrons. The normalized spacial score (nSPS) is 27.5. The summed E-state index contributed by atoms with van der Waals surface area (Å²) >= 11 is 0. The van der Waals surface area contributed by atoms with Crippen molar-refractivity contribution < 1.29 is 8.42 Å². The summed E-state index contributed by atoms with van der Waals surface area (Å²) in [5.41, 5.74) is -0.0395. The van der Waals surface area contributed by atoms with Crippen LogP contribution in [0.25, 0.3) is 0 Å². The predicted molar refractivity (Wildman–Crippen MR) is 56.2 cm³/mol. The summed E-state index contributed by atoms with van der Waals surface area (Å²) in [7, 11) is -1.90. The third-order valence-electron chi connectivity index (χ3n) is 2.70. The molecule has 5 nitrogen and oxygen atoms in total. The van der Waals surface area contributed by atoms with Gasteiger partial charge in [0, 0.05) is 19.6 Å². The average molecular weight is 221 g/mol. The lowest BCUT2D eigenvalue weighted by Crippen LogP contribution is -2.55. The number of piperidine rings is 1. The van der Waals surface area contributed by atoms with Crippen LogP contribution in [-0.4, -0.2) is 34.6 Å². The fourth-order valence-electron chi connectivity index (χ4n) is 1.64. The van der Waals surface area contributed by atoms with Gasteiger partial charge in [-0.25, -0.2) is 4.72 Å². The van der Waals surface area contributed by atoms with Gasteiger partial charge >= 0.3 is 0 Å². The molecule has 1 aliphatic heterocycles. The maximum atomic E-state index is 11.3. The molecule has 3 N–H and O–H groups in total. The number of nitrogens with one attached hydrogen (secondary N) is 3. The van der Waals surface area contributed by atoms with Gasteiger partial charge in [-0.15, -0.1) is 0 Å². The predicted octanol–water partition coefficient (Wildman–Crippen LogP) is -0.572. The van der Waals surface area contributed by atoms with E-state index in [0.717, 1.165) is 19.5 Å². The first-order valence-electron chi connectivity index (χ1n) is 4.79. The molecule has 0 aliphatic carbocycles. The Morgan fingerprint density at radius 1 is 1.43 bits per heavy atom. The van der Waals surface area contributed by atoms with Crippen molar-refractivity contribution in [3.8, 4) is 0 Å². The van der Waals surface area contributed by atoms with E-state index in [1.54, 1.807) is 0 Å². The largest absolute Gasteiger partial charge is 0.316 e. The average Bonchev–Trinajstić information content (AvgIpc) is 2.09. The Morgan fingerprint density at radius 2 is 2.07 bits per heavy atom. The summed E-state index contributed by atoms with van der Waals surface area (Å²) in [6.07, 6.45) is 0.827. The zero-order valence-electron chi connectivity index (χ0n) is 8.92. The Bertz CT molecular complexity index is 287. The molecule has 0 radical (unpaired) electrons. The van der Waals surface area contributed by atoms with Gasteiger partial charge in [-0.05, 0) is 18.4 Å². The van der Waals surface area contributed by atoms with E-state index in [9.17, 15) is 8.42 Å². The second-order valence-electron chi connectivity index (χ2n) is 4.33. The van der Waals surface area contributed by atoms with Gasteiger partial charge in [0.05, 0.1) is 0 Å². The molecule has 0 saturated carbocycles. The highest BCUT2D eigenvalue weighted by atomic mass is 32.2. The van der Waals surface area contributed by atoms with Crippen LogP contribution in [0, 0.1) is 5.41 Å². The van der Waals surface area contributed by atoms with Crippen LogP contribution in [0.5, 0.6) is 0 Å². The summed E-state index contributed by atoms with van der Waals surface area (Å²) in [5, 5.41) is 3.25. The standard InChI is InChI=1S/C8H19N3O2S/c1-8(2)6-10-5-4-7(8)11-14(12,13)9-3/h7,9-11H,4-6H2,1-3H3. The van der Waals surface area contributed by atoms with Crippen LogP contribution in [0.15, 0.2) is 0 Å². The SMILES string of the molecule is CNS(=O)(=O)NC1CCNCC1(C)C. The first kappa shape index (κ1) is 11.9. The quantitative estimate of drug-likeness (QED) is 0.597. The van der Waals surface area contributed by atoms with Crippen LogP contribution in [-0.2, 0) is 10.2 Å². The van der Waals surface area contributed by atoms with Crippen LogP contribution in [0.3, 0.4) is 0 Å². The van der Waals surface area contributed by atoms with Gasteiger partial charge < -0.3 is 5.32 Å². The van der Waals surface area contributed by atoms with Gasteiger partial charge in [0.25, 0.3) is 10.2 Å². The fraction of sp³-hybridized carbons (Fsp3) is 1.00. The first-order valence-corrected chi connectivity index (χ1v) is 6.27. The van der Waals surface area contributed by atoms with Gasteiger partial charge in [0.2, 0.25) is 0 Å². The smallest absolute Gasteiger partial charge is 0.276 e. The van der Waals surface area contributed by atoms with E-state index in [-0.39, 0.29) is 11.5 Å². The van der Waals surface area contributed by atoms with E-state index >= 15 is 0 Å². The third kappa shape index (κ3) is 2.91. The van der Waals surface area contributed by atoms with Crippen molar-refractivity contribution >= 4 is 10.2 Å². The van der Waals surface area contributed by atoms with Crippen LogP contribution in [0.1, 0.15) is 20.3 Å². The van der Waals surface area contributed by atoms with Crippen molar-refractivity contribution in [1.82, 2.24) is 14.8 Å². The summed E-state index contributed by atoms with van der Waals surface area (Å²) in [6.45, 7) is 5.81. The van der Waals surface area contributed by atoms with Crippen molar-refractivity contribution in [2.24, 2.45) is 5.41 Å². The first-order chi connectivity index (χ1) is 6.37. The molecule has 14 heavy (non-hydrogen) atoms. The number of hydrogen-bond acceptors (Lipinski definition) is 3. The highest BCUT2D eigenvalue weighted by Crippen LogP contribution is 2.25. The molecule has 1 fully saturated rings. The Kier molecular flexibility index (Phi) is 3.52. The van der Waals surface area contributed by atoms with Crippen molar-refractivity contribution in [3.63, 3.8) is 0 Å². The fourth-order valence-corrected chi connectivity index (χ4v) is 2.56. The summed E-state index contributed by atoms with van der Waals surface area (Å²) in [5.74, 6) is 0. The van der Waals surface area contributed by atoms with Crippen LogP contribution >= 0.6 is 0 Å². The Labute approximate surface area is 85.8 Å². The molecule has 1 aliphatic rings. The van der Waals surface area contributed by atoms with Crippen molar-refractivity contribution in [3.05, 3.63) is 0 Å². The zero-order valence-corrected chi connectivity index (χ0v) is 9.74. The van der Waals surface area contributed by atoms with E-state index in [2.05, 4.69) is 28.6 Å². The van der Waals surface area contributed by atoms with Gasteiger partial charge in [-0.3, -0.25) is 0 Å². The molecule has 0 bridgehead atoms.